The number of carbonyl (C=O) groups excluding carboxylic acids is 1. The zero-order chi connectivity index (χ0) is 31.1. The summed E-state index contributed by atoms with van der Waals surface area (Å²) < 4.78 is 27.6. The molecule has 1 aromatic heterocycles. The summed E-state index contributed by atoms with van der Waals surface area (Å²) >= 11 is 12.7. The molecule has 3 atom stereocenters. The van der Waals surface area contributed by atoms with Crippen LogP contribution < -0.4 is 4.31 Å². The fraction of sp³-hybridized carbons (Fsp3) is 0.406. The van der Waals surface area contributed by atoms with E-state index in [-0.39, 0.29) is 42.9 Å². The molecule has 0 spiro atoms. The molecule has 230 valence electrons. The molecule has 2 aromatic carbocycles. The van der Waals surface area contributed by atoms with Crippen LogP contribution in [0.2, 0.25) is 10.0 Å². The lowest BCUT2D eigenvalue weighted by Crippen LogP contribution is -2.52. The van der Waals surface area contributed by atoms with Crippen LogP contribution in [0.4, 0.5) is 5.82 Å². The maximum Gasteiger partial charge on any atom is 0.303 e. The van der Waals surface area contributed by atoms with Gasteiger partial charge in [-0.2, -0.15) is 0 Å². The highest BCUT2D eigenvalue weighted by molar-refractivity contribution is 7.92. The Balaban J connectivity index is 1.92. The van der Waals surface area contributed by atoms with Gasteiger partial charge in [-0.1, -0.05) is 66.9 Å². The number of amides is 1. The van der Waals surface area contributed by atoms with E-state index in [1.54, 1.807) is 41.3 Å². The number of rotatable bonds is 15. The summed E-state index contributed by atoms with van der Waals surface area (Å²) in [6, 6.07) is 18.8. The van der Waals surface area contributed by atoms with E-state index in [1.165, 1.54) is 10.5 Å². The molecule has 0 bridgehead atoms. The van der Waals surface area contributed by atoms with Gasteiger partial charge in [0.25, 0.3) is 0 Å². The van der Waals surface area contributed by atoms with Crippen LogP contribution in [0.1, 0.15) is 68.5 Å². The van der Waals surface area contributed by atoms with Crippen molar-refractivity contribution in [3.8, 4) is 0 Å². The van der Waals surface area contributed by atoms with Gasteiger partial charge in [-0.05, 0) is 72.7 Å². The van der Waals surface area contributed by atoms with E-state index in [4.69, 9.17) is 23.2 Å². The molecule has 1 saturated carbocycles. The van der Waals surface area contributed by atoms with Gasteiger partial charge in [0.15, 0.2) is 0 Å². The number of benzene rings is 2. The number of pyridine rings is 1. The van der Waals surface area contributed by atoms with E-state index in [2.05, 4.69) is 11.9 Å². The molecular formula is C32H37Cl2N3O5S. The Morgan fingerprint density at radius 1 is 0.977 bits per heavy atom. The van der Waals surface area contributed by atoms with Gasteiger partial charge < -0.3 is 10.0 Å². The zero-order valence-electron chi connectivity index (χ0n) is 24.3. The summed E-state index contributed by atoms with van der Waals surface area (Å²) in [6.45, 7) is 2.05. The minimum atomic E-state index is -3.78. The van der Waals surface area contributed by atoms with Gasteiger partial charge >= 0.3 is 5.97 Å². The van der Waals surface area contributed by atoms with Crippen LogP contribution in [0.3, 0.4) is 0 Å². The Kier molecular flexibility index (Phi) is 11.1. The van der Waals surface area contributed by atoms with E-state index in [1.807, 2.05) is 30.3 Å². The molecule has 1 aliphatic rings. The van der Waals surface area contributed by atoms with Crippen LogP contribution in [0.25, 0.3) is 0 Å². The molecule has 0 aliphatic heterocycles. The summed E-state index contributed by atoms with van der Waals surface area (Å²) in [7, 11) is -3.78. The average molecular weight is 647 g/mol. The number of aromatic nitrogens is 1. The number of carboxylic acids is 1. The quantitative estimate of drug-likeness (QED) is 0.192. The maximum absolute atomic E-state index is 14.3. The fourth-order valence-electron chi connectivity index (χ4n) is 5.71. The van der Waals surface area contributed by atoms with Crippen molar-refractivity contribution in [2.75, 3.05) is 17.1 Å². The fourth-order valence-corrected chi connectivity index (χ4v) is 6.90. The van der Waals surface area contributed by atoms with Gasteiger partial charge in [-0.25, -0.2) is 13.4 Å². The molecule has 0 radical (unpaired) electrons. The molecule has 1 amide bonds. The van der Waals surface area contributed by atoms with E-state index < -0.39 is 28.1 Å². The van der Waals surface area contributed by atoms with Crippen LogP contribution in [0.5, 0.6) is 0 Å². The maximum atomic E-state index is 14.3. The second-order valence-electron chi connectivity index (χ2n) is 11.0. The number of halogens is 2. The van der Waals surface area contributed by atoms with Crippen LogP contribution in [0.15, 0.2) is 72.9 Å². The van der Waals surface area contributed by atoms with Crippen molar-refractivity contribution in [2.45, 2.75) is 63.5 Å². The minimum absolute atomic E-state index is 0.0161. The monoisotopic (exact) mass is 645 g/mol. The topological polar surface area (TPSA) is 108 Å². The Hall–Kier alpha value is -3.14. The third kappa shape index (κ3) is 8.71. The standard InChI is InChI=1S/C32H37Cl2N3O5S/c1-3-7-27(24-8-6-9-26(34)20-24)32(23-13-15-25(33)16-14-23)37(30(38)17-18-31(39)40)28(22-11-12-22)21-36(43(2,41)42)29-10-4-5-19-35-29/h4-6,8-10,13-16,19-20,22,27-28,32H,3,7,11-12,17-18,21H2,1-2H3,(H,39,40)/t27?,28-,32?/m1/s1. The Morgan fingerprint density at radius 3 is 2.26 bits per heavy atom. The first-order valence-corrected chi connectivity index (χ1v) is 17.0. The highest BCUT2D eigenvalue weighted by Crippen LogP contribution is 2.46. The molecule has 8 nitrogen and oxygen atoms in total. The van der Waals surface area contributed by atoms with E-state index in [9.17, 15) is 23.1 Å². The molecule has 1 heterocycles. The number of nitrogens with zero attached hydrogens (tertiary/aromatic N) is 3. The predicted octanol–water partition coefficient (Wildman–Crippen LogP) is 6.95. The number of aliphatic carboxylic acids is 1. The van der Waals surface area contributed by atoms with Crippen LogP contribution in [-0.2, 0) is 19.6 Å². The van der Waals surface area contributed by atoms with Crippen molar-refractivity contribution in [3.63, 3.8) is 0 Å². The number of sulfonamides is 1. The van der Waals surface area contributed by atoms with Crippen LogP contribution in [0, 0.1) is 5.92 Å². The lowest BCUT2D eigenvalue weighted by Gasteiger charge is -2.44. The summed E-state index contributed by atoms with van der Waals surface area (Å²) in [4.78, 5) is 32.0. The van der Waals surface area contributed by atoms with E-state index in [0.717, 1.165) is 36.6 Å². The van der Waals surface area contributed by atoms with Crippen molar-refractivity contribution >= 4 is 50.9 Å². The van der Waals surface area contributed by atoms with Gasteiger partial charge in [0.1, 0.15) is 5.82 Å². The molecule has 1 aliphatic carbocycles. The minimum Gasteiger partial charge on any atom is -0.481 e. The molecule has 2 unspecified atom stereocenters. The third-order valence-corrected chi connectivity index (χ3v) is 9.41. The average Bonchev–Trinajstić information content (AvgIpc) is 3.81. The summed E-state index contributed by atoms with van der Waals surface area (Å²) in [6.07, 6.45) is 5.23. The van der Waals surface area contributed by atoms with E-state index in [0.29, 0.717) is 16.5 Å². The number of anilines is 1. The van der Waals surface area contributed by atoms with Crippen LogP contribution >= 0.6 is 23.2 Å². The smallest absolute Gasteiger partial charge is 0.303 e. The normalized spacial score (nSPS) is 15.3. The molecule has 3 aromatic rings. The summed E-state index contributed by atoms with van der Waals surface area (Å²) in [5, 5.41) is 10.6. The SMILES string of the molecule is CCCC(c1cccc(Cl)c1)C(c1ccc(Cl)cc1)N(C(=O)CCC(=O)O)[C@H](CN(c1ccccn1)S(C)(=O)=O)C1CC1. The van der Waals surface area contributed by atoms with Gasteiger partial charge in [-0.15, -0.1) is 0 Å². The number of carbonyl (C=O) groups is 2. The highest BCUT2D eigenvalue weighted by Gasteiger charge is 2.45. The molecular weight excluding hydrogens is 609 g/mol. The van der Waals surface area contributed by atoms with Crippen molar-refractivity contribution in [1.29, 1.82) is 0 Å². The zero-order valence-corrected chi connectivity index (χ0v) is 26.6. The summed E-state index contributed by atoms with van der Waals surface area (Å²) in [5.74, 6) is -1.36. The van der Waals surface area contributed by atoms with Gasteiger partial charge in [-0.3, -0.25) is 13.9 Å². The molecule has 1 fully saturated rings. The Bertz CT molecular complexity index is 1500. The van der Waals surface area contributed by atoms with Crippen molar-refractivity contribution in [2.24, 2.45) is 5.92 Å². The van der Waals surface area contributed by atoms with Gasteiger partial charge in [0.05, 0.1) is 31.3 Å². The largest absolute Gasteiger partial charge is 0.481 e. The highest BCUT2D eigenvalue weighted by atomic mass is 35.5. The Labute approximate surface area is 263 Å². The van der Waals surface area contributed by atoms with Crippen molar-refractivity contribution in [1.82, 2.24) is 9.88 Å². The van der Waals surface area contributed by atoms with Crippen molar-refractivity contribution < 1.29 is 23.1 Å². The second-order valence-corrected chi connectivity index (χ2v) is 13.8. The van der Waals surface area contributed by atoms with Crippen LogP contribution in [-0.4, -0.2) is 54.1 Å². The Morgan fingerprint density at radius 2 is 1.70 bits per heavy atom. The van der Waals surface area contributed by atoms with E-state index >= 15 is 0 Å². The molecule has 11 heteroatoms. The lowest BCUT2D eigenvalue weighted by atomic mass is 9.81. The summed E-state index contributed by atoms with van der Waals surface area (Å²) in [5.41, 5.74) is 1.76. The number of hydrogen-bond donors (Lipinski definition) is 1. The van der Waals surface area contributed by atoms with Crippen molar-refractivity contribution in [3.05, 3.63) is 94.1 Å². The van der Waals surface area contributed by atoms with Gasteiger partial charge in [0.2, 0.25) is 15.9 Å². The number of carboxylic acid groups (broad SMARTS) is 1. The lowest BCUT2D eigenvalue weighted by molar-refractivity contribution is -0.143. The second kappa shape index (κ2) is 14.6. The molecule has 4 rings (SSSR count). The first-order chi connectivity index (χ1) is 20.5. The molecule has 1 N–H and O–H groups in total. The molecule has 43 heavy (non-hydrogen) atoms. The van der Waals surface area contributed by atoms with Gasteiger partial charge in [0, 0.05) is 28.6 Å². The predicted molar refractivity (Wildman–Crippen MR) is 170 cm³/mol. The third-order valence-electron chi connectivity index (χ3n) is 7.79. The first-order valence-electron chi connectivity index (χ1n) is 14.4. The first kappa shape index (κ1) is 32.8. The number of hydrogen-bond acceptors (Lipinski definition) is 5. The molecule has 0 saturated heterocycles.